The summed E-state index contributed by atoms with van der Waals surface area (Å²) in [5.74, 6) is -0.422. The predicted molar refractivity (Wildman–Crippen MR) is 49.3 cm³/mol. The van der Waals surface area contributed by atoms with Gasteiger partial charge in [0.25, 0.3) is 6.02 Å². The van der Waals surface area contributed by atoms with Gasteiger partial charge in [0.15, 0.2) is 0 Å². The highest BCUT2D eigenvalue weighted by Crippen LogP contribution is 2.28. The third-order valence-electron chi connectivity index (χ3n) is 2.08. The molecule has 0 saturated heterocycles. The van der Waals surface area contributed by atoms with Gasteiger partial charge in [-0.15, -0.1) is 0 Å². The second kappa shape index (κ2) is 2.80. The molecule has 1 aliphatic rings. The molecule has 5 nitrogen and oxygen atoms in total. The van der Waals surface area contributed by atoms with Crippen molar-refractivity contribution in [2.45, 2.75) is 12.5 Å². The number of hydrogen-bond acceptors (Lipinski definition) is 4. The van der Waals surface area contributed by atoms with Gasteiger partial charge >= 0.3 is 5.91 Å². The van der Waals surface area contributed by atoms with Crippen molar-refractivity contribution in [3.05, 3.63) is 30.1 Å². The lowest BCUT2D eigenvalue weighted by Crippen LogP contribution is -2.32. The lowest BCUT2D eigenvalue weighted by atomic mass is 10.0. The van der Waals surface area contributed by atoms with Crippen LogP contribution in [0, 0.1) is 0 Å². The standard InChI is InChI=1S/C9H9N3O2/c1-9(6-4-2-3-5-11-6)7(13)12-8(10)14-9/h2-5H,1H3,(H2,10,12,13). The Balaban J connectivity index is 2.41. The lowest BCUT2D eigenvalue weighted by Gasteiger charge is -2.19. The fraction of sp³-hybridized carbons (Fsp3) is 0.222. The first kappa shape index (κ1) is 8.68. The first-order valence-electron chi connectivity index (χ1n) is 4.12. The number of aromatic nitrogens is 1. The van der Waals surface area contributed by atoms with Gasteiger partial charge in [0.1, 0.15) is 0 Å². The molecule has 1 aromatic rings. The second-order valence-corrected chi connectivity index (χ2v) is 3.11. The van der Waals surface area contributed by atoms with Crippen LogP contribution in [0.4, 0.5) is 0 Å². The van der Waals surface area contributed by atoms with Gasteiger partial charge in [-0.3, -0.25) is 9.78 Å². The maximum Gasteiger partial charge on any atom is 0.300 e. The maximum atomic E-state index is 11.5. The van der Waals surface area contributed by atoms with E-state index in [1.54, 1.807) is 31.3 Å². The van der Waals surface area contributed by atoms with Gasteiger partial charge in [-0.2, -0.15) is 4.99 Å². The normalized spacial score (nSPS) is 25.8. The van der Waals surface area contributed by atoms with Gasteiger partial charge in [-0.05, 0) is 19.1 Å². The Hall–Kier alpha value is -1.91. The number of aliphatic imine (C=N–C) groups is 1. The highest BCUT2D eigenvalue weighted by Gasteiger charge is 2.44. The minimum atomic E-state index is -1.16. The van der Waals surface area contributed by atoms with E-state index in [1.807, 2.05) is 0 Å². The number of hydrogen-bond donors (Lipinski definition) is 1. The Morgan fingerprint density at radius 3 is 2.79 bits per heavy atom. The number of rotatable bonds is 1. The van der Waals surface area contributed by atoms with Crippen LogP contribution < -0.4 is 5.73 Å². The summed E-state index contributed by atoms with van der Waals surface area (Å²) in [6.07, 6.45) is 1.59. The molecule has 1 unspecified atom stereocenters. The van der Waals surface area contributed by atoms with E-state index in [0.717, 1.165) is 0 Å². The Morgan fingerprint density at radius 1 is 1.50 bits per heavy atom. The van der Waals surface area contributed by atoms with E-state index in [2.05, 4.69) is 9.98 Å². The molecule has 1 atom stereocenters. The molecule has 0 spiro atoms. The molecule has 5 heteroatoms. The monoisotopic (exact) mass is 191 g/mol. The summed E-state index contributed by atoms with van der Waals surface area (Å²) in [6.45, 7) is 1.60. The quantitative estimate of drug-likeness (QED) is 0.686. The summed E-state index contributed by atoms with van der Waals surface area (Å²) < 4.78 is 5.16. The van der Waals surface area contributed by atoms with Gasteiger partial charge in [-0.25, -0.2) is 0 Å². The van der Waals surface area contributed by atoms with Crippen molar-refractivity contribution in [3.8, 4) is 0 Å². The van der Waals surface area contributed by atoms with E-state index in [-0.39, 0.29) is 6.02 Å². The van der Waals surface area contributed by atoms with E-state index in [0.29, 0.717) is 5.69 Å². The number of nitrogens with zero attached hydrogens (tertiary/aromatic N) is 2. The van der Waals surface area contributed by atoms with Crippen molar-refractivity contribution >= 4 is 11.9 Å². The van der Waals surface area contributed by atoms with Crippen molar-refractivity contribution in [2.75, 3.05) is 0 Å². The molecule has 0 aromatic carbocycles. The van der Waals surface area contributed by atoms with Crippen molar-refractivity contribution < 1.29 is 9.53 Å². The summed E-state index contributed by atoms with van der Waals surface area (Å²) in [5, 5.41) is 0. The summed E-state index contributed by atoms with van der Waals surface area (Å²) in [6, 6.07) is 5.13. The van der Waals surface area contributed by atoms with Crippen LogP contribution in [0.25, 0.3) is 0 Å². The third kappa shape index (κ3) is 1.14. The number of ether oxygens (including phenoxy) is 1. The molecule has 2 N–H and O–H groups in total. The van der Waals surface area contributed by atoms with Gasteiger partial charge in [-0.1, -0.05) is 6.07 Å². The number of carbonyl (C=O) groups is 1. The first-order valence-corrected chi connectivity index (χ1v) is 4.12. The summed E-state index contributed by atoms with van der Waals surface area (Å²) in [4.78, 5) is 19.0. The molecule has 1 aliphatic heterocycles. The van der Waals surface area contributed by atoms with E-state index < -0.39 is 11.5 Å². The third-order valence-corrected chi connectivity index (χ3v) is 2.08. The number of nitrogens with two attached hydrogens (primary N) is 1. The van der Waals surface area contributed by atoms with Crippen molar-refractivity contribution in [2.24, 2.45) is 10.7 Å². The molecule has 0 fully saturated rings. The smallest absolute Gasteiger partial charge is 0.300 e. The molecule has 0 aliphatic carbocycles. The Labute approximate surface area is 80.6 Å². The van der Waals surface area contributed by atoms with E-state index in [9.17, 15) is 4.79 Å². The van der Waals surface area contributed by atoms with Crippen LogP contribution >= 0.6 is 0 Å². The average Bonchev–Trinajstić information content (AvgIpc) is 2.43. The van der Waals surface area contributed by atoms with E-state index >= 15 is 0 Å². The molecule has 2 heterocycles. The molecular formula is C9H9N3O2. The average molecular weight is 191 g/mol. The molecule has 14 heavy (non-hydrogen) atoms. The van der Waals surface area contributed by atoms with Crippen LogP contribution in [0.15, 0.2) is 29.4 Å². The molecular weight excluding hydrogens is 182 g/mol. The van der Waals surface area contributed by atoms with Gasteiger partial charge in [0.05, 0.1) is 5.69 Å². The highest BCUT2D eigenvalue weighted by molar-refractivity contribution is 6.00. The van der Waals surface area contributed by atoms with Gasteiger partial charge < -0.3 is 10.5 Å². The van der Waals surface area contributed by atoms with Gasteiger partial charge in [0.2, 0.25) is 5.60 Å². The molecule has 2 rings (SSSR count). The lowest BCUT2D eigenvalue weighted by molar-refractivity contribution is -0.130. The Kier molecular flexibility index (Phi) is 1.73. The number of pyridine rings is 1. The summed E-state index contributed by atoms with van der Waals surface area (Å²) in [5.41, 5.74) is 4.66. The fourth-order valence-corrected chi connectivity index (χ4v) is 1.29. The molecule has 72 valence electrons. The fourth-order valence-electron chi connectivity index (χ4n) is 1.29. The molecule has 0 saturated carbocycles. The highest BCUT2D eigenvalue weighted by atomic mass is 16.5. The predicted octanol–water partition coefficient (Wildman–Crippen LogP) is 0.168. The van der Waals surface area contributed by atoms with Crippen LogP contribution in [-0.2, 0) is 15.1 Å². The number of amides is 1. The molecule has 0 bridgehead atoms. The number of amidine groups is 1. The van der Waals surface area contributed by atoms with Crippen LogP contribution in [0.2, 0.25) is 0 Å². The zero-order valence-electron chi connectivity index (χ0n) is 7.60. The summed E-state index contributed by atoms with van der Waals surface area (Å²) in [7, 11) is 0. The Bertz CT molecular complexity index is 402. The van der Waals surface area contributed by atoms with Crippen molar-refractivity contribution in [1.29, 1.82) is 0 Å². The zero-order valence-corrected chi connectivity index (χ0v) is 7.60. The van der Waals surface area contributed by atoms with Gasteiger partial charge in [0, 0.05) is 6.20 Å². The van der Waals surface area contributed by atoms with E-state index in [1.165, 1.54) is 0 Å². The van der Waals surface area contributed by atoms with Crippen molar-refractivity contribution in [1.82, 2.24) is 4.98 Å². The molecule has 1 aromatic heterocycles. The number of carbonyl (C=O) groups excluding carboxylic acids is 1. The van der Waals surface area contributed by atoms with Crippen LogP contribution in [0.5, 0.6) is 0 Å². The summed E-state index contributed by atoms with van der Waals surface area (Å²) >= 11 is 0. The Morgan fingerprint density at radius 2 is 2.29 bits per heavy atom. The zero-order chi connectivity index (χ0) is 10.2. The van der Waals surface area contributed by atoms with Crippen LogP contribution in [0.1, 0.15) is 12.6 Å². The maximum absolute atomic E-state index is 11.5. The van der Waals surface area contributed by atoms with Crippen LogP contribution in [0.3, 0.4) is 0 Å². The first-order chi connectivity index (χ1) is 6.63. The van der Waals surface area contributed by atoms with Crippen LogP contribution in [-0.4, -0.2) is 16.9 Å². The topological polar surface area (TPSA) is 77.6 Å². The second-order valence-electron chi connectivity index (χ2n) is 3.11. The minimum Gasteiger partial charge on any atom is -0.442 e. The molecule has 0 radical (unpaired) electrons. The SMILES string of the molecule is CC1(c2ccccn2)OC(N)=NC1=O. The van der Waals surface area contributed by atoms with Crippen molar-refractivity contribution in [3.63, 3.8) is 0 Å². The largest absolute Gasteiger partial charge is 0.442 e. The van der Waals surface area contributed by atoms with E-state index in [4.69, 9.17) is 10.5 Å². The minimum absolute atomic E-state index is 0.108. The molecule has 1 amide bonds.